The summed E-state index contributed by atoms with van der Waals surface area (Å²) in [5, 5.41) is 0. The zero-order valence-electron chi connectivity index (χ0n) is 111. The lowest BCUT2D eigenvalue weighted by Gasteiger charge is -2.28. The van der Waals surface area contributed by atoms with Gasteiger partial charge in [0.2, 0.25) is 0 Å². The van der Waals surface area contributed by atoms with Crippen LogP contribution in [0.4, 0.5) is 0 Å². The number of benzene rings is 14. The van der Waals surface area contributed by atoms with Gasteiger partial charge in [-0.05, 0) is 463 Å². The van der Waals surface area contributed by atoms with Crippen LogP contribution >= 0.6 is 0 Å². The van der Waals surface area contributed by atoms with Gasteiger partial charge in [-0.25, -0.2) is 0 Å². The van der Waals surface area contributed by atoms with E-state index in [-0.39, 0.29) is 5.41 Å². The Hall–Kier alpha value is -10.9. The van der Waals surface area contributed by atoms with Crippen LogP contribution in [0.25, 0.3) is 77.9 Å². The Morgan fingerprint density at radius 1 is 0.177 bits per heavy atom. The predicted molar refractivity (Wildman–Crippen MR) is 632 cm³/mol. The molecule has 0 nitrogen and oxygen atoms in total. The highest BCUT2D eigenvalue weighted by molar-refractivity contribution is 5.79. The molecule has 0 atom stereocenters. The maximum atomic E-state index is 9.03. The van der Waals surface area contributed by atoms with Crippen LogP contribution in [0.3, 0.4) is 0 Å². The summed E-state index contributed by atoms with van der Waals surface area (Å²) in [5.74, 6) is -7.71. The molecule has 748 valence electrons. The summed E-state index contributed by atoms with van der Waals surface area (Å²) in [6.45, 7) is 84.9. The summed E-state index contributed by atoms with van der Waals surface area (Å²) in [5.41, 5.74) is 53.3. The van der Waals surface area contributed by atoms with Crippen LogP contribution in [-0.2, 0) is 5.41 Å². The van der Waals surface area contributed by atoms with Gasteiger partial charge >= 0.3 is 0 Å². The molecule has 14 aromatic carbocycles. The molecule has 0 saturated heterocycles. The molecule has 0 spiro atoms. The van der Waals surface area contributed by atoms with Crippen LogP contribution in [0.5, 0.6) is 0 Å². The SMILES string of the molecule is Cc1cc(C)c(-c2cc(C)c(C)c(C)c2)c(C)c1.Cc1ccc(-c2cc(C)c(C)c(C)c2)c(C)c1.[2H]C(C)(C)c1cc(-c2c(C([2H])(C)C)cc(C(C)(C)C)cc2C([2H])(C)C)cc(C([2H])(C)C)c1C.[2H]C(C)(C)c1cc(-c2c(C)cc(C)cc2C)cc(C([2H])(C)C)c1C.[2H]C(C)(C)c1cc(-c2ccccc2)cc(C([2H])(C)C)c1C.[2H]C([2H])([2H])c1ccc(-c2cc(C([2H])(C)C)c(C)c(C([2H])(C)C)c2)cc1.[2H]C([2H])([2H])c1ccc(-c2ccc(C)c(C)c2)c(C)c1. The van der Waals surface area contributed by atoms with E-state index in [2.05, 4.69) is 284 Å². The first-order valence-corrected chi connectivity index (χ1v) is 50.8. The van der Waals surface area contributed by atoms with E-state index >= 15 is 0 Å². The fraction of sp³-hybridized carbons (Fsp3) is 0.404. The first kappa shape index (κ1) is 92.5. The van der Waals surface area contributed by atoms with Crippen molar-refractivity contribution in [3.8, 4) is 77.9 Å². The molecule has 0 fully saturated rings. The third-order valence-electron chi connectivity index (χ3n) is 28.2. The van der Waals surface area contributed by atoms with Gasteiger partial charge in [0, 0.05) is 21.9 Å². The Kier molecular flexibility index (Phi) is 33.0. The summed E-state index contributed by atoms with van der Waals surface area (Å²) in [4.78, 5) is 0. The van der Waals surface area contributed by atoms with Gasteiger partial charge in [0.05, 0.1) is 0 Å². The molecule has 14 aromatic rings. The lowest BCUT2D eigenvalue weighted by atomic mass is 9.76. The van der Waals surface area contributed by atoms with Gasteiger partial charge in [-0.3, -0.25) is 0 Å². The van der Waals surface area contributed by atoms with Crippen molar-refractivity contribution in [3.05, 3.63) is 408 Å². The van der Waals surface area contributed by atoms with Crippen molar-refractivity contribution in [2.75, 3.05) is 0 Å². The van der Waals surface area contributed by atoms with Gasteiger partial charge in [0.15, 0.2) is 0 Å². The van der Waals surface area contributed by atoms with E-state index in [9.17, 15) is 0 Å². The molecule has 141 heavy (non-hydrogen) atoms. The maximum absolute atomic E-state index is 9.03. The van der Waals surface area contributed by atoms with E-state index in [1.807, 2.05) is 203 Å². The highest BCUT2D eigenvalue weighted by atomic mass is 14.3. The molecule has 0 amide bonds. The van der Waals surface area contributed by atoms with Crippen LogP contribution < -0.4 is 0 Å². The molecule has 14 rings (SSSR count). The Labute approximate surface area is 884 Å². The lowest BCUT2D eigenvalue weighted by molar-refractivity contribution is 0.586. The van der Waals surface area contributed by atoms with E-state index in [4.69, 9.17) is 21.9 Å². The molecule has 0 heterocycles. The molecular weight excluding hydrogens is 1690 g/mol. The number of aryl methyl sites for hydroxylation is 17. The first-order valence-electron chi connectivity index (χ1n) is 58.8. The van der Waals surface area contributed by atoms with E-state index in [0.29, 0.717) is 11.1 Å². The van der Waals surface area contributed by atoms with E-state index in [1.54, 1.807) is 36.4 Å². The highest BCUT2D eigenvalue weighted by Gasteiger charge is 2.26. The smallest absolute Gasteiger partial charge is 0.0347 e. The van der Waals surface area contributed by atoms with Gasteiger partial charge < -0.3 is 0 Å². The molecule has 0 saturated carbocycles. The fourth-order valence-corrected chi connectivity index (χ4v) is 19.8. The van der Waals surface area contributed by atoms with Crippen molar-refractivity contribution in [1.82, 2.24) is 0 Å². The van der Waals surface area contributed by atoms with Crippen molar-refractivity contribution in [1.29, 1.82) is 0 Å². The molecule has 0 radical (unpaired) electrons. The van der Waals surface area contributed by atoms with E-state index in [1.165, 1.54) is 117 Å². The number of hydrogen-bond donors (Lipinski definition) is 0. The molecular formula is C141H184. The first-order chi connectivity index (χ1) is 71.3. The summed E-state index contributed by atoms with van der Waals surface area (Å²) >= 11 is 0. The molecule has 0 aliphatic heterocycles. The Balaban J connectivity index is 0.000000224. The van der Waals surface area contributed by atoms with E-state index in [0.717, 1.165) is 139 Å². The van der Waals surface area contributed by atoms with Crippen LogP contribution in [-0.4, -0.2) is 0 Å². The largest absolute Gasteiger partial charge is 0.0622 e. The molecule has 0 heteroatoms. The average molecular weight is 1900 g/mol. The van der Waals surface area contributed by atoms with Crippen molar-refractivity contribution in [3.63, 3.8) is 0 Å². The van der Waals surface area contributed by atoms with Gasteiger partial charge in [0.25, 0.3) is 0 Å². The second-order valence-electron chi connectivity index (χ2n) is 43.6. The topological polar surface area (TPSA) is 0 Å². The van der Waals surface area contributed by atoms with Crippen LogP contribution in [0, 0.1) is 159 Å². The quantitative estimate of drug-likeness (QED) is 0.0852. The Bertz CT molecular complexity index is 7170. The Morgan fingerprint density at radius 3 is 0.738 bits per heavy atom. The number of hydrogen-bond acceptors (Lipinski definition) is 0. The van der Waals surface area contributed by atoms with Crippen LogP contribution in [0.15, 0.2) is 218 Å². The second kappa shape index (κ2) is 50.3. The zero-order chi connectivity index (χ0) is 120. The minimum Gasteiger partial charge on any atom is -0.0622 e. The standard InChI is InChI=1S/C29H44.C22H30.C20H26.C19H24.C18H22.C17H20.C16H18/c1-17(2)24-13-22(14-25(18(3)4)21(24)9)28-26(19(5)6)15-23(29(10,11)12)16-27(28)20(7)8;1-13(2)20-11-19(12-21(14(3)4)18(20)8)22-16(6)9-15(5)10-17(22)7;1-13(2)19-11-18(12-20(14(3)4)16(19)6)17-9-7-15(5)8-10-17;1-13(2)18-11-17(16-9-7-6-8-10-16)12-19(14(3)4)15(18)5;1-11-7-14(4)18(15(5)8-11)17-9-12(2)16(6)13(3)10-17;1-11-6-7-17(14(4)8-11)16-9-12(2)15(5)13(3)10-16;1-11-5-8-16(14(4)9-11)15-7-6-12(2)13(3)10-15/h13-20H,1-12H3;9-14H,1-8H3;7-14H,1-6H3;6-14H,1-5H3;7-10H,1-6H3;6-10H,1-5H3;5-10H,1-4H3/i17D,18D,19D,20D;13D,14D;5D3,13D,14D;13D,14D;;;1D3. The molecule has 0 unspecified atom stereocenters. The highest BCUT2D eigenvalue weighted by Crippen LogP contribution is 2.45. The van der Waals surface area contributed by atoms with Crippen molar-refractivity contribution < 1.29 is 21.9 Å². The van der Waals surface area contributed by atoms with Crippen molar-refractivity contribution in [2.45, 2.75) is 383 Å². The summed E-state index contributed by atoms with van der Waals surface area (Å²) in [7, 11) is 0. The number of rotatable bonds is 17. The second-order valence-corrected chi connectivity index (χ2v) is 43.6. The molecule has 0 aliphatic carbocycles. The van der Waals surface area contributed by atoms with Gasteiger partial charge in [-0.1, -0.05) is 405 Å². The van der Waals surface area contributed by atoms with Crippen molar-refractivity contribution >= 4 is 0 Å². The van der Waals surface area contributed by atoms with Gasteiger partial charge in [0.1, 0.15) is 0 Å². The minimum atomic E-state index is -2.12. The molecule has 0 bridgehead atoms. The average Bonchev–Trinajstić information content (AvgIpc) is 0.732. The lowest BCUT2D eigenvalue weighted by Crippen LogP contribution is -2.14. The van der Waals surface area contributed by atoms with E-state index < -0.39 is 72.6 Å². The van der Waals surface area contributed by atoms with Crippen LogP contribution in [0.1, 0.15) is 429 Å². The minimum absolute atomic E-state index is 0.117. The third kappa shape index (κ3) is 29.9. The van der Waals surface area contributed by atoms with Gasteiger partial charge in [-0.15, -0.1) is 0 Å². The normalized spacial score (nSPS) is 14.0. The van der Waals surface area contributed by atoms with Gasteiger partial charge in [-0.2, -0.15) is 0 Å². The monoisotopic (exact) mass is 1890 g/mol. The Morgan fingerprint density at radius 2 is 0.433 bits per heavy atom. The summed E-state index contributed by atoms with van der Waals surface area (Å²) in [6, 6.07) is 74.5. The third-order valence-corrected chi connectivity index (χ3v) is 28.2. The molecule has 0 aromatic heterocycles. The fourth-order valence-electron chi connectivity index (χ4n) is 19.8. The maximum Gasteiger partial charge on any atom is 0.0347 e. The molecule has 0 aliphatic rings. The summed E-state index contributed by atoms with van der Waals surface area (Å²) in [6.07, 6.45) is 0. The molecule has 0 N–H and O–H groups in total. The summed E-state index contributed by atoms with van der Waals surface area (Å²) < 4.78 is 131. The van der Waals surface area contributed by atoms with Crippen molar-refractivity contribution in [2.24, 2.45) is 0 Å². The van der Waals surface area contributed by atoms with Crippen LogP contribution in [0.2, 0.25) is 0 Å². The predicted octanol–water partition coefficient (Wildman–Crippen LogP) is 43.1. The zero-order valence-corrected chi connectivity index (χ0v) is 95.3.